The predicted molar refractivity (Wildman–Crippen MR) is 85.9 cm³/mol. The quantitative estimate of drug-likeness (QED) is 0.796. The van der Waals surface area contributed by atoms with Crippen LogP contribution in [0.2, 0.25) is 0 Å². The lowest BCUT2D eigenvalue weighted by molar-refractivity contribution is -0.0947. The fourth-order valence-corrected chi connectivity index (χ4v) is 4.06. The second-order valence-electron chi connectivity index (χ2n) is 6.58. The molecule has 1 saturated carbocycles. The number of hydrogen-bond acceptors (Lipinski definition) is 6. The molecule has 2 aliphatic rings. The Morgan fingerprint density at radius 1 is 1.22 bits per heavy atom. The average molecular weight is 321 g/mol. The van der Waals surface area contributed by atoms with Gasteiger partial charge in [0.25, 0.3) is 0 Å². The number of hydrogen-bond donors (Lipinski definition) is 0. The lowest BCUT2D eigenvalue weighted by atomic mass is 9.79. The van der Waals surface area contributed by atoms with Crippen molar-refractivity contribution in [3.05, 3.63) is 23.8 Å². The number of fused-ring (bicyclic) bond motifs is 1. The lowest BCUT2D eigenvalue weighted by Gasteiger charge is -2.43. The number of likely N-dealkylation sites (tertiary alicyclic amines) is 1. The Bertz CT molecular complexity index is 510. The molecule has 2 fully saturated rings. The standard InChI is InChI=1S/C17H27N3O3/c1-21-12-16-18-9-13(10-19-16)11-20-7-6-17(23-3)5-4-14(22-2)8-15(17)20/h9-10,14-15H,4-8,11-12H2,1-3H3/t14?,15?,17-/m1/s1. The van der Waals surface area contributed by atoms with Gasteiger partial charge in [-0.25, -0.2) is 9.97 Å². The zero-order valence-corrected chi connectivity index (χ0v) is 14.3. The molecular weight excluding hydrogens is 294 g/mol. The first-order valence-corrected chi connectivity index (χ1v) is 8.31. The highest BCUT2D eigenvalue weighted by Gasteiger charge is 2.50. The minimum Gasteiger partial charge on any atom is -0.381 e. The van der Waals surface area contributed by atoms with Gasteiger partial charge in [-0.05, 0) is 25.7 Å². The third-order valence-electron chi connectivity index (χ3n) is 5.40. The monoisotopic (exact) mass is 321 g/mol. The molecule has 1 saturated heterocycles. The van der Waals surface area contributed by atoms with E-state index in [1.54, 1.807) is 7.11 Å². The smallest absolute Gasteiger partial charge is 0.153 e. The lowest BCUT2D eigenvalue weighted by Crippen LogP contribution is -2.51. The third-order valence-corrected chi connectivity index (χ3v) is 5.40. The summed E-state index contributed by atoms with van der Waals surface area (Å²) < 4.78 is 16.6. The van der Waals surface area contributed by atoms with Crippen LogP contribution in [0.15, 0.2) is 12.4 Å². The van der Waals surface area contributed by atoms with Crippen LogP contribution in [-0.2, 0) is 27.4 Å². The molecule has 0 amide bonds. The van der Waals surface area contributed by atoms with E-state index in [2.05, 4.69) is 14.9 Å². The molecular formula is C17H27N3O3. The maximum absolute atomic E-state index is 5.97. The Morgan fingerprint density at radius 3 is 2.65 bits per heavy atom. The van der Waals surface area contributed by atoms with Crippen molar-refractivity contribution in [1.29, 1.82) is 0 Å². The van der Waals surface area contributed by atoms with Crippen LogP contribution in [0, 0.1) is 0 Å². The zero-order valence-electron chi connectivity index (χ0n) is 14.3. The minimum atomic E-state index is -0.00806. The van der Waals surface area contributed by atoms with Gasteiger partial charge in [-0.1, -0.05) is 0 Å². The Morgan fingerprint density at radius 2 is 2.00 bits per heavy atom. The normalized spacial score (nSPS) is 31.3. The minimum absolute atomic E-state index is 0.00806. The number of rotatable bonds is 6. The van der Waals surface area contributed by atoms with Crippen LogP contribution >= 0.6 is 0 Å². The summed E-state index contributed by atoms with van der Waals surface area (Å²) >= 11 is 0. The first kappa shape index (κ1) is 16.8. The van der Waals surface area contributed by atoms with E-state index < -0.39 is 0 Å². The van der Waals surface area contributed by atoms with Crippen LogP contribution < -0.4 is 0 Å². The van der Waals surface area contributed by atoms with E-state index in [4.69, 9.17) is 14.2 Å². The van der Waals surface area contributed by atoms with Crippen LogP contribution in [0.3, 0.4) is 0 Å². The van der Waals surface area contributed by atoms with Crippen molar-refractivity contribution < 1.29 is 14.2 Å². The van der Waals surface area contributed by atoms with E-state index >= 15 is 0 Å². The SMILES string of the molecule is COCc1ncc(CN2CC[C@]3(OC)CCC(OC)CC23)cn1. The second-order valence-corrected chi connectivity index (χ2v) is 6.58. The maximum Gasteiger partial charge on any atom is 0.153 e. The average Bonchev–Trinajstić information content (AvgIpc) is 2.95. The van der Waals surface area contributed by atoms with E-state index in [0.29, 0.717) is 18.8 Å². The molecule has 0 bridgehead atoms. The molecule has 2 unspecified atom stereocenters. The number of aromatic nitrogens is 2. The van der Waals surface area contributed by atoms with Crippen molar-refractivity contribution in [1.82, 2.24) is 14.9 Å². The van der Waals surface area contributed by atoms with Crippen LogP contribution in [0.25, 0.3) is 0 Å². The van der Waals surface area contributed by atoms with Crippen LogP contribution in [-0.4, -0.2) is 60.5 Å². The molecule has 0 radical (unpaired) electrons. The largest absolute Gasteiger partial charge is 0.381 e. The van der Waals surface area contributed by atoms with Gasteiger partial charge < -0.3 is 14.2 Å². The van der Waals surface area contributed by atoms with E-state index in [0.717, 1.165) is 50.2 Å². The van der Waals surface area contributed by atoms with Crippen LogP contribution in [0.1, 0.15) is 37.1 Å². The third kappa shape index (κ3) is 3.40. The summed E-state index contributed by atoms with van der Waals surface area (Å²) in [6.45, 7) is 2.36. The summed E-state index contributed by atoms with van der Waals surface area (Å²) in [4.78, 5) is 11.2. The van der Waals surface area contributed by atoms with Gasteiger partial charge >= 0.3 is 0 Å². The topological polar surface area (TPSA) is 56.7 Å². The van der Waals surface area contributed by atoms with Crippen molar-refractivity contribution in [2.75, 3.05) is 27.9 Å². The summed E-state index contributed by atoms with van der Waals surface area (Å²) in [7, 11) is 5.32. The Kier molecular flexibility index (Phi) is 5.26. The molecule has 2 heterocycles. The highest BCUT2D eigenvalue weighted by Crippen LogP contribution is 2.43. The summed E-state index contributed by atoms with van der Waals surface area (Å²) in [5, 5.41) is 0. The predicted octanol–water partition coefficient (Wildman–Crippen LogP) is 1.78. The maximum atomic E-state index is 5.97. The Balaban J connectivity index is 1.69. The van der Waals surface area contributed by atoms with Gasteiger partial charge in [-0.2, -0.15) is 0 Å². The Hall–Kier alpha value is -1.08. The molecule has 1 aromatic rings. The van der Waals surface area contributed by atoms with Gasteiger partial charge in [0.1, 0.15) is 6.61 Å². The Labute approximate surface area is 138 Å². The molecule has 1 aromatic heterocycles. The highest BCUT2D eigenvalue weighted by atomic mass is 16.5. The van der Waals surface area contributed by atoms with Crippen LogP contribution in [0.5, 0.6) is 0 Å². The molecule has 6 nitrogen and oxygen atoms in total. The molecule has 23 heavy (non-hydrogen) atoms. The van der Waals surface area contributed by atoms with Crippen LogP contribution in [0.4, 0.5) is 0 Å². The fraction of sp³-hybridized carbons (Fsp3) is 0.765. The number of methoxy groups -OCH3 is 3. The highest BCUT2D eigenvalue weighted by molar-refractivity contribution is 5.10. The van der Waals surface area contributed by atoms with E-state index in [1.165, 1.54) is 0 Å². The summed E-state index contributed by atoms with van der Waals surface area (Å²) in [5.41, 5.74) is 1.13. The summed E-state index contributed by atoms with van der Waals surface area (Å²) in [6.07, 6.45) is 8.44. The molecule has 128 valence electrons. The van der Waals surface area contributed by atoms with E-state index in [-0.39, 0.29) is 5.60 Å². The molecule has 0 N–H and O–H groups in total. The van der Waals surface area contributed by atoms with Gasteiger partial charge in [0.2, 0.25) is 0 Å². The van der Waals surface area contributed by atoms with E-state index in [1.807, 2.05) is 26.6 Å². The van der Waals surface area contributed by atoms with Crippen molar-refractivity contribution in [3.63, 3.8) is 0 Å². The van der Waals surface area contributed by atoms with Gasteiger partial charge in [-0.15, -0.1) is 0 Å². The molecule has 0 spiro atoms. The zero-order chi connectivity index (χ0) is 16.3. The summed E-state index contributed by atoms with van der Waals surface area (Å²) in [5.74, 6) is 0.723. The molecule has 6 heteroatoms. The summed E-state index contributed by atoms with van der Waals surface area (Å²) in [6, 6.07) is 0.407. The van der Waals surface area contributed by atoms with E-state index in [9.17, 15) is 0 Å². The van der Waals surface area contributed by atoms with Crippen molar-refractivity contribution in [2.24, 2.45) is 0 Å². The van der Waals surface area contributed by atoms with Gasteiger partial charge in [0, 0.05) is 58.4 Å². The van der Waals surface area contributed by atoms with Gasteiger partial charge in [0.05, 0.1) is 11.7 Å². The molecule has 3 rings (SSSR count). The molecule has 3 atom stereocenters. The molecule has 0 aromatic carbocycles. The fourth-order valence-electron chi connectivity index (χ4n) is 4.06. The first-order chi connectivity index (χ1) is 11.2. The van der Waals surface area contributed by atoms with Crippen molar-refractivity contribution in [3.8, 4) is 0 Å². The first-order valence-electron chi connectivity index (χ1n) is 8.31. The number of ether oxygens (including phenoxy) is 3. The van der Waals surface area contributed by atoms with Gasteiger partial charge in [-0.3, -0.25) is 4.90 Å². The van der Waals surface area contributed by atoms with Crippen molar-refractivity contribution in [2.45, 2.75) is 56.6 Å². The number of nitrogens with zero attached hydrogens (tertiary/aromatic N) is 3. The van der Waals surface area contributed by atoms with Gasteiger partial charge in [0.15, 0.2) is 5.82 Å². The molecule has 1 aliphatic carbocycles. The van der Waals surface area contributed by atoms with Crippen molar-refractivity contribution >= 4 is 0 Å². The molecule has 1 aliphatic heterocycles. The second kappa shape index (κ2) is 7.21.